The van der Waals surface area contributed by atoms with Gasteiger partial charge in [0, 0.05) is 18.4 Å². The van der Waals surface area contributed by atoms with Gasteiger partial charge in [-0.15, -0.1) is 11.3 Å². The van der Waals surface area contributed by atoms with Crippen molar-refractivity contribution < 1.29 is 4.74 Å². The fraction of sp³-hybridized carbons (Fsp3) is 0.750. The van der Waals surface area contributed by atoms with E-state index in [1.165, 1.54) is 12.8 Å². The summed E-state index contributed by atoms with van der Waals surface area (Å²) in [6.45, 7) is 4.81. The molecule has 1 aliphatic rings. The number of nitrogens with one attached hydrogen (secondary N) is 1. The van der Waals surface area contributed by atoms with E-state index in [1.807, 2.05) is 13.8 Å². The third-order valence-corrected chi connectivity index (χ3v) is 3.97. The third-order valence-electron chi connectivity index (χ3n) is 3.15. The maximum Gasteiger partial charge on any atom is 0.0897 e. The molecule has 96 valence electrons. The van der Waals surface area contributed by atoms with E-state index in [9.17, 15) is 0 Å². The van der Waals surface area contributed by atoms with Crippen molar-refractivity contribution in [1.82, 2.24) is 10.4 Å². The monoisotopic (exact) mass is 255 g/mol. The van der Waals surface area contributed by atoms with Gasteiger partial charge in [0.05, 0.1) is 22.8 Å². The highest BCUT2D eigenvalue weighted by atomic mass is 32.1. The van der Waals surface area contributed by atoms with Gasteiger partial charge in [0.2, 0.25) is 0 Å². The summed E-state index contributed by atoms with van der Waals surface area (Å²) in [4.78, 5) is 4.49. The number of nitrogens with zero attached hydrogens (tertiary/aromatic N) is 1. The second kappa shape index (κ2) is 5.91. The van der Waals surface area contributed by atoms with Crippen LogP contribution in [-0.2, 0) is 11.2 Å². The molecule has 1 saturated carbocycles. The number of hydrogen-bond acceptors (Lipinski definition) is 5. The van der Waals surface area contributed by atoms with Gasteiger partial charge in [0.15, 0.2) is 0 Å². The molecule has 0 aromatic carbocycles. The van der Waals surface area contributed by atoms with Gasteiger partial charge in [-0.3, -0.25) is 11.3 Å². The summed E-state index contributed by atoms with van der Waals surface area (Å²) in [6.07, 6.45) is 3.60. The van der Waals surface area contributed by atoms with Crippen molar-refractivity contribution in [3.8, 4) is 0 Å². The number of rotatable bonds is 7. The summed E-state index contributed by atoms with van der Waals surface area (Å²) in [5, 5.41) is 3.21. The Labute approximate surface area is 107 Å². The van der Waals surface area contributed by atoms with Crippen LogP contribution in [0.15, 0.2) is 5.38 Å². The van der Waals surface area contributed by atoms with Crippen LogP contribution in [0.25, 0.3) is 0 Å². The van der Waals surface area contributed by atoms with Crippen molar-refractivity contribution >= 4 is 11.3 Å². The van der Waals surface area contributed by atoms with E-state index >= 15 is 0 Å². The molecule has 0 bridgehead atoms. The average Bonchev–Trinajstić information content (AvgIpc) is 3.07. The van der Waals surface area contributed by atoms with E-state index in [0.29, 0.717) is 5.92 Å². The van der Waals surface area contributed by atoms with Crippen molar-refractivity contribution in [2.45, 2.75) is 45.3 Å². The zero-order valence-corrected chi connectivity index (χ0v) is 11.3. The van der Waals surface area contributed by atoms with Crippen LogP contribution in [-0.4, -0.2) is 23.7 Å². The SMILES string of the molecule is CCOC(C1CC1)C(Cc1csc(C)n1)NN. The first-order valence-electron chi connectivity index (χ1n) is 6.23. The first kappa shape index (κ1) is 13.0. The Morgan fingerprint density at radius 2 is 2.41 bits per heavy atom. The van der Waals surface area contributed by atoms with Crippen LogP contribution in [0.3, 0.4) is 0 Å². The second-order valence-corrected chi connectivity index (χ2v) is 5.65. The Morgan fingerprint density at radius 3 is 2.88 bits per heavy atom. The molecule has 1 heterocycles. The Morgan fingerprint density at radius 1 is 1.65 bits per heavy atom. The molecule has 1 aromatic rings. The molecule has 1 aliphatic carbocycles. The van der Waals surface area contributed by atoms with Crippen LogP contribution in [0, 0.1) is 12.8 Å². The predicted octanol–water partition coefficient (Wildman–Crippen LogP) is 1.64. The van der Waals surface area contributed by atoms with Gasteiger partial charge in [0.1, 0.15) is 0 Å². The van der Waals surface area contributed by atoms with Crippen LogP contribution in [0.1, 0.15) is 30.5 Å². The topological polar surface area (TPSA) is 60.2 Å². The first-order chi connectivity index (χ1) is 8.24. The molecule has 4 nitrogen and oxygen atoms in total. The van der Waals surface area contributed by atoms with Gasteiger partial charge < -0.3 is 4.74 Å². The number of nitrogens with two attached hydrogens (primary N) is 1. The van der Waals surface area contributed by atoms with Crippen LogP contribution in [0.4, 0.5) is 0 Å². The highest BCUT2D eigenvalue weighted by Crippen LogP contribution is 2.36. The van der Waals surface area contributed by atoms with E-state index in [2.05, 4.69) is 15.8 Å². The number of hydrogen-bond donors (Lipinski definition) is 2. The van der Waals surface area contributed by atoms with Crippen molar-refractivity contribution in [2.75, 3.05) is 6.61 Å². The van der Waals surface area contributed by atoms with E-state index in [-0.39, 0.29) is 12.1 Å². The molecule has 0 spiro atoms. The molecule has 17 heavy (non-hydrogen) atoms. The number of aryl methyl sites for hydroxylation is 1. The molecule has 1 aromatic heterocycles. The summed E-state index contributed by atoms with van der Waals surface area (Å²) in [5.74, 6) is 6.35. The van der Waals surface area contributed by atoms with Gasteiger partial charge >= 0.3 is 0 Å². The maximum absolute atomic E-state index is 5.83. The fourth-order valence-corrected chi connectivity index (χ4v) is 2.82. The molecule has 0 saturated heterocycles. The quantitative estimate of drug-likeness (QED) is 0.574. The minimum absolute atomic E-state index is 0.170. The molecule has 0 radical (unpaired) electrons. The van der Waals surface area contributed by atoms with E-state index in [1.54, 1.807) is 11.3 Å². The second-order valence-electron chi connectivity index (χ2n) is 4.59. The number of hydrazine groups is 1. The highest BCUT2D eigenvalue weighted by molar-refractivity contribution is 7.09. The molecule has 1 fully saturated rings. The Bertz CT molecular complexity index is 351. The zero-order chi connectivity index (χ0) is 12.3. The van der Waals surface area contributed by atoms with Crippen LogP contribution in [0.2, 0.25) is 0 Å². The van der Waals surface area contributed by atoms with E-state index < -0.39 is 0 Å². The lowest BCUT2D eigenvalue weighted by atomic mass is 10.0. The largest absolute Gasteiger partial charge is 0.377 e. The summed E-state index contributed by atoms with van der Waals surface area (Å²) in [5.41, 5.74) is 4.02. The van der Waals surface area contributed by atoms with Gasteiger partial charge in [-0.2, -0.15) is 0 Å². The van der Waals surface area contributed by atoms with Crippen molar-refractivity contribution in [2.24, 2.45) is 11.8 Å². The smallest absolute Gasteiger partial charge is 0.0897 e. The van der Waals surface area contributed by atoms with Crippen molar-refractivity contribution in [3.63, 3.8) is 0 Å². The molecule has 0 amide bonds. The van der Waals surface area contributed by atoms with Crippen molar-refractivity contribution in [1.29, 1.82) is 0 Å². The number of aromatic nitrogens is 1. The molecular formula is C12H21N3OS. The van der Waals surface area contributed by atoms with Crippen LogP contribution >= 0.6 is 11.3 Å². The van der Waals surface area contributed by atoms with Gasteiger partial charge in [-0.1, -0.05) is 0 Å². The summed E-state index contributed by atoms with van der Waals surface area (Å²) >= 11 is 1.69. The predicted molar refractivity (Wildman–Crippen MR) is 69.8 cm³/mol. The Balaban J connectivity index is 1.98. The number of thiazole rings is 1. The van der Waals surface area contributed by atoms with Crippen LogP contribution < -0.4 is 11.3 Å². The normalized spacial score (nSPS) is 19.2. The third kappa shape index (κ3) is 3.48. The highest BCUT2D eigenvalue weighted by Gasteiger charge is 2.37. The maximum atomic E-state index is 5.83. The Kier molecular flexibility index (Phi) is 4.50. The van der Waals surface area contributed by atoms with E-state index in [0.717, 1.165) is 23.7 Å². The first-order valence-corrected chi connectivity index (χ1v) is 7.11. The summed E-state index contributed by atoms with van der Waals surface area (Å²) in [7, 11) is 0. The van der Waals surface area contributed by atoms with Crippen LogP contribution in [0.5, 0.6) is 0 Å². The molecular weight excluding hydrogens is 234 g/mol. The summed E-state index contributed by atoms with van der Waals surface area (Å²) in [6, 6.07) is 0.170. The van der Waals surface area contributed by atoms with Crippen molar-refractivity contribution in [3.05, 3.63) is 16.1 Å². The molecule has 3 N–H and O–H groups in total. The molecule has 2 rings (SSSR count). The number of ether oxygens (including phenoxy) is 1. The minimum Gasteiger partial charge on any atom is -0.377 e. The lowest BCUT2D eigenvalue weighted by molar-refractivity contribution is 0.0190. The summed E-state index contributed by atoms with van der Waals surface area (Å²) < 4.78 is 5.83. The molecule has 2 unspecified atom stereocenters. The van der Waals surface area contributed by atoms with Gasteiger partial charge in [0.25, 0.3) is 0 Å². The van der Waals surface area contributed by atoms with Gasteiger partial charge in [-0.25, -0.2) is 4.98 Å². The zero-order valence-electron chi connectivity index (χ0n) is 10.5. The average molecular weight is 255 g/mol. The van der Waals surface area contributed by atoms with E-state index in [4.69, 9.17) is 10.6 Å². The van der Waals surface area contributed by atoms with Gasteiger partial charge in [-0.05, 0) is 32.6 Å². The lowest BCUT2D eigenvalue weighted by Crippen LogP contribution is -2.47. The molecule has 0 aliphatic heterocycles. The molecule has 2 atom stereocenters. The lowest BCUT2D eigenvalue weighted by Gasteiger charge is -2.25. The Hall–Kier alpha value is -0.490. The fourth-order valence-electron chi connectivity index (χ4n) is 2.20. The molecule has 5 heteroatoms. The minimum atomic E-state index is 0.170. The standard InChI is InChI=1S/C12H21N3OS/c1-3-16-12(9-4-5-9)11(15-13)6-10-7-17-8(2)14-10/h7,9,11-12,15H,3-6,13H2,1-2H3.